The van der Waals surface area contributed by atoms with Crippen LogP contribution in [0.5, 0.6) is 0 Å². The maximum atomic E-state index is 8.52. The van der Waals surface area contributed by atoms with Crippen LogP contribution < -0.4 is 68.7 Å². The van der Waals surface area contributed by atoms with Gasteiger partial charge in [-0.15, -0.1) is 0 Å². The molecule has 0 radical (unpaired) electrons. The minimum absolute atomic E-state index is 0. The average Bonchev–Trinajstić information content (AvgIpc) is 0.811. The Labute approximate surface area is 110 Å². The molecule has 0 unspecified atom stereocenters. The van der Waals surface area contributed by atoms with Crippen molar-refractivity contribution in [1.29, 1.82) is 0 Å². The Balaban J connectivity index is -0.0000000150. The Morgan fingerprint density at radius 2 is 1.14 bits per heavy atom. The van der Waals surface area contributed by atoms with Gasteiger partial charge in [0, 0.05) is 9.17 Å². The van der Waals surface area contributed by atoms with E-state index in [0.717, 1.165) is 0 Å². The number of hydrogen-bond acceptors (Lipinski definition) is 3. The van der Waals surface area contributed by atoms with E-state index in [-0.39, 0.29) is 88.7 Å². The maximum absolute atomic E-state index is 8.52. The van der Waals surface area contributed by atoms with Crippen molar-refractivity contribution in [2.45, 2.75) is 0 Å². The molecule has 0 aliphatic rings. The van der Waals surface area contributed by atoms with Gasteiger partial charge in [0.25, 0.3) is 0 Å². The molecule has 0 bridgehead atoms. The van der Waals surface area contributed by atoms with Crippen LogP contribution in [-0.2, 0) is 4.46 Å². The van der Waals surface area contributed by atoms with Gasteiger partial charge in [0.05, 0.1) is 0 Å². The van der Waals surface area contributed by atoms with Gasteiger partial charge in [-0.3, -0.25) is 0 Å². The molecule has 0 saturated heterocycles. The van der Waals surface area contributed by atoms with Crippen LogP contribution >= 0.6 is 0 Å². The number of hydrogen-bond donors (Lipinski definition) is 0. The van der Waals surface area contributed by atoms with Crippen molar-refractivity contribution in [2.24, 2.45) is 0 Å². The monoisotopic (exact) mass is 146 g/mol. The molecular formula is HNa3O3Si. The zero-order valence-electron chi connectivity index (χ0n) is 3.72. The van der Waals surface area contributed by atoms with Crippen LogP contribution in [0.2, 0.25) is 0 Å². The molecular weight excluding hydrogens is 145 g/mol. The zero-order chi connectivity index (χ0) is 3.58. The Bertz CT molecular complexity index is 33.2. The topological polar surface area (TPSA) is 63.2 Å². The van der Waals surface area contributed by atoms with E-state index in [1.165, 1.54) is 0 Å². The van der Waals surface area contributed by atoms with Crippen LogP contribution in [0, 0.1) is 0 Å². The molecule has 26 valence electrons. The van der Waals surface area contributed by atoms with Crippen LogP contribution in [0.1, 0.15) is 0 Å². The van der Waals surface area contributed by atoms with Crippen molar-refractivity contribution >= 4 is 38.7 Å². The van der Waals surface area contributed by atoms with Gasteiger partial charge in [0.15, 0.2) is 0 Å². The van der Waals surface area contributed by atoms with Gasteiger partial charge in [-0.05, 0) is 0 Å². The second-order valence-corrected chi connectivity index (χ2v) is 0.750. The van der Waals surface area contributed by atoms with E-state index in [1.807, 2.05) is 0 Å². The molecule has 0 aromatic rings. The first-order valence-electron chi connectivity index (χ1n) is 0.612. The molecule has 0 aliphatic carbocycles. The molecule has 7 heavy (non-hydrogen) atoms. The molecule has 0 fully saturated rings. The average molecular weight is 146 g/mol. The van der Waals surface area contributed by atoms with Gasteiger partial charge in [0.2, 0.25) is 0 Å². The standard InChI is InChI=1S/3Na.O3Si.H/c;;;1-4(2)3;/q;2*+1;-2;. The predicted octanol–water partition coefficient (Wildman–Crippen LogP) is -9.52. The van der Waals surface area contributed by atoms with Crippen molar-refractivity contribution in [3.8, 4) is 0 Å². The van der Waals surface area contributed by atoms with Crippen molar-refractivity contribution in [3.63, 3.8) is 0 Å². The van der Waals surface area contributed by atoms with Crippen LogP contribution in [0.3, 0.4) is 0 Å². The first-order valence-corrected chi connectivity index (χ1v) is 1.84. The van der Waals surface area contributed by atoms with Gasteiger partial charge in [-0.1, -0.05) is 0 Å². The predicted molar refractivity (Wildman–Crippen MR) is 13.6 cm³/mol. The Morgan fingerprint density at radius 3 is 1.14 bits per heavy atom. The molecule has 7 heteroatoms. The summed E-state index contributed by atoms with van der Waals surface area (Å²) in [5.41, 5.74) is 0. The fourth-order valence-electron chi connectivity index (χ4n) is 0. The third-order valence-electron chi connectivity index (χ3n) is 0. The van der Waals surface area contributed by atoms with E-state index in [4.69, 9.17) is 14.1 Å². The van der Waals surface area contributed by atoms with Crippen molar-refractivity contribution < 1.29 is 73.2 Å². The van der Waals surface area contributed by atoms with E-state index in [2.05, 4.69) is 0 Å². The second kappa shape index (κ2) is 15.8. The molecule has 0 aromatic carbocycles. The first-order chi connectivity index (χ1) is 1.73. The molecule has 0 saturated carbocycles. The van der Waals surface area contributed by atoms with Gasteiger partial charge in [-0.2, -0.15) is 0 Å². The van der Waals surface area contributed by atoms with Crippen molar-refractivity contribution in [1.82, 2.24) is 0 Å². The van der Waals surface area contributed by atoms with E-state index >= 15 is 0 Å². The molecule has 0 amide bonds. The second-order valence-electron chi connectivity index (χ2n) is 0.250. The first kappa shape index (κ1) is 22.6. The molecule has 0 N–H and O–H groups in total. The molecule has 0 rings (SSSR count). The summed E-state index contributed by atoms with van der Waals surface area (Å²) in [7, 11) is -3.63. The van der Waals surface area contributed by atoms with E-state index in [9.17, 15) is 0 Å². The minimum atomic E-state index is -3.63. The van der Waals surface area contributed by atoms with Crippen molar-refractivity contribution in [2.75, 3.05) is 0 Å². The summed E-state index contributed by atoms with van der Waals surface area (Å²) in [6, 6.07) is 0. The Kier molecular flexibility index (Phi) is 51.2. The molecule has 0 heterocycles. The molecule has 0 atom stereocenters. The normalized spacial score (nSPS) is 3.43. The van der Waals surface area contributed by atoms with E-state index in [1.54, 1.807) is 0 Å². The number of rotatable bonds is 0. The summed E-state index contributed by atoms with van der Waals surface area (Å²) in [5.74, 6) is 0. The third-order valence-corrected chi connectivity index (χ3v) is 0. The summed E-state index contributed by atoms with van der Waals surface area (Å²) in [4.78, 5) is 17.0. The fraction of sp³-hybridized carbons (Fsp3) is 0. The van der Waals surface area contributed by atoms with Crippen LogP contribution in [-0.4, -0.2) is 38.7 Å². The van der Waals surface area contributed by atoms with Gasteiger partial charge < -0.3 is 14.1 Å². The quantitative estimate of drug-likeness (QED) is 0.319. The summed E-state index contributed by atoms with van der Waals surface area (Å²) in [6.07, 6.45) is 0. The summed E-state index contributed by atoms with van der Waals surface area (Å²) < 4.78 is 8.52. The van der Waals surface area contributed by atoms with Crippen LogP contribution in [0.15, 0.2) is 0 Å². The Morgan fingerprint density at radius 1 is 1.14 bits per heavy atom. The van der Waals surface area contributed by atoms with Crippen LogP contribution in [0.4, 0.5) is 0 Å². The summed E-state index contributed by atoms with van der Waals surface area (Å²) in [6.45, 7) is 0. The summed E-state index contributed by atoms with van der Waals surface area (Å²) >= 11 is 0. The SMILES string of the molecule is O=[Si]([O-])[O-].[Na+].[Na+].[NaH]. The van der Waals surface area contributed by atoms with E-state index < -0.39 is 9.17 Å². The summed E-state index contributed by atoms with van der Waals surface area (Å²) in [5, 5.41) is 0. The van der Waals surface area contributed by atoms with Crippen LogP contribution in [0.25, 0.3) is 0 Å². The molecule has 0 aliphatic heterocycles. The zero-order valence-corrected chi connectivity index (χ0v) is 8.72. The fourth-order valence-corrected chi connectivity index (χ4v) is 0. The van der Waals surface area contributed by atoms with Gasteiger partial charge >= 0.3 is 88.7 Å². The molecule has 0 aromatic heterocycles. The molecule has 3 nitrogen and oxygen atoms in total. The van der Waals surface area contributed by atoms with Gasteiger partial charge in [0.1, 0.15) is 0 Å². The molecule has 0 spiro atoms. The van der Waals surface area contributed by atoms with Crippen molar-refractivity contribution in [3.05, 3.63) is 0 Å². The third kappa shape index (κ3) is 55.1. The van der Waals surface area contributed by atoms with E-state index in [0.29, 0.717) is 0 Å². The Hall–Kier alpha value is 2.62. The van der Waals surface area contributed by atoms with Gasteiger partial charge in [-0.25, -0.2) is 0 Å².